The molecule has 2 heterocycles. The van der Waals surface area contributed by atoms with Gasteiger partial charge in [-0.1, -0.05) is 171 Å². The quantitative estimate of drug-likeness (QED) is 0.0552. The van der Waals surface area contributed by atoms with E-state index in [0.29, 0.717) is 17.6 Å². The van der Waals surface area contributed by atoms with Crippen LogP contribution in [0.2, 0.25) is 0 Å². The second kappa shape index (κ2) is 31.8. The van der Waals surface area contributed by atoms with E-state index in [1.165, 1.54) is 56.3 Å². The number of carbonyl (C=O) groups is 3. The molecule has 0 aliphatic carbocycles. The molecule has 8 aromatic rings. The molecule has 0 atom stereocenters. The monoisotopic (exact) mass is 1200 g/mol. The first-order valence-corrected chi connectivity index (χ1v) is 27.2. The van der Waals surface area contributed by atoms with E-state index in [0.717, 1.165) is 55.1 Å². The summed E-state index contributed by atoms with van der Waals surface area (Å²) in [6.07, 6.45) is 1.64. The van der Waals surface area contributed by atoms with Gasteiger partial charge in [0.2, 0.25) is 0 Å². The number of halogens is 1. The number of aldehydes is 2. The largest absolute Gasteiger partial charge is 1.00 e. The molecular formula is C63H69BBrK2N2O7S2. The van der Waals surface area contributed by atoms with Crippen LogP contribution < -0.4 is 122 Å². The average Bonchev–Trinajstić information content (AvgIpc) is 4.08. The van der Waals surface area contributed by atoms with Crippen molar-refractivity contribution in [3.63, 3.8) is 0 Å². The van der Waals surface area contributed by atoms with Gasteiger partial charge in [0.05, 0.1) is 9.75 Å². The SMILES string of the molecule is CC(C)(C)c1ccc(N(c2ccc(-c3ccc(C=O)s3)cc2)c2ccc(C(C)(C)C)cc2)cc1.CC(C)(C)c1ccc(N(c2ccc(Br)cc2)c2ccc(C(C)(C)C)cc2)cc1.O=CO[O-].O=Cc1ccc(O[B]O)s1.[H-].[K+].[K+]. The van der Waals surface area contributed by atoms with Crippen LogP contribution in [0, 0.1) is 0 Å². The Kier molecular flexibility index (Phi) is 28.1. The van der Waals surface area contributed by atoms with Crippen molar-refractivity contribution in [2.75, 3.05) is 9.80 Å². The molecule has 0 aliphatic heterocycles. The second-order valence-corrected chi connectivity index (χ2v) is 25.0. The standard InChI is InChI=1S/C31H33NOS.C26H30BrN.C5H4BO3S.CH2O3.2K.H/c1-30(2,3)23-9-15-26(16-10-23)32(27-17-11-24(12-18-27)31(4,5)6)25-13-7-22(8-14-25)29-20-19-28(21-33)34-29;1-25(2,3)19-7-13-22(14-8-19)28(24-17-11-21(27)12-18-24)23-15-9-20(10-16-23)26(4,5)6;7-3-4-1-2-5(10-4)9-6-8;2-1-4-3;;;/h7-21H,1-6H3;7-18H,1-6H3;1-3,8H;1,3H;;;/q;;;;2*+1;-1/p-1. The van der Waals surface area contributed by atoms with Crippen LogP contribution in [0.25, 0.3) is 10.4 Å². The minimum Gasteiger partial charge on any atom is -1.00 e. The summed E-state index contributed by atoms with van der Waals surface area (Å²) in [5.41, 5.74) is 13.8. The molecule has 2 aromatic heterocycles. The Bertz CT molecular complexity index is 2960. The van der Waals surface area contributed by atoms with E-state index < -0.39 is 0 Å². The van der Waals surface area contributed by atoms with Gasteiger partial charge in [0.15, 0.2) is 17.6 Å². The predicted octanol–water partition coefficient (Wildman–Crippen LogP) is 10.8. The van der Waals surface area contributed by atoms with Gasteiger partial charge < -0.3 is 31.0 Å². The van der Waals surface area contributed by atoms with Crippen LogP contribution in [0.3, 0.4) is 0 Å². The fraction of sp³-hybridized carbons (Fsp3) is 0.254. The number of thiophene rings is 2. The van der Waals surface area contributed by atoms with Crippen LogP contribution in [0.4, 0.5) is 34.1 Å². The van der Waals surface area contributed by atoms with Gasteiger partial charge in [0.1, 0.15) is 0 Å². The number of benzene rings is 6. The van der Waals surface area contributed by atoms with Crippen molar-refractivity contribution in [1.29, 1.82) is 0 Å². The van der Waals surface area contributed by atoms with E-state index in [4.69, 9.17) is 15.1 Å². The van der Waals surface area contributed by atoms with Crippen molar-refractivity contribution < 1.29 is 138 Å². The number of hydrogen-bond donors (Lipinski definition) is 1. The van der Waals surface area contributed by atoms with E-state index in [9.17, 15) is 9.59 Å². The third-order valence-corrected chi connectivity index (χ3v) is 14.6. The summed E-state index contributed by atoms with van der Waals surface area (Å²) in [5, 5.41) is 17.1. The first-order chi connectivity index (χ1) is 35.9. The molecular weight excluding hydrogens is 1130 g/mol. The van der Waals surface area contributed by atoms with E-state index in [2.05, 4.69) is 264 Å². The van der Waals surface area contributed by atoms with Crippen LogP contribution in [-0.2, 0) is 31.3 Å². The maximum atomic E-state index is 11.1. The normalized spacial score (nSPS) is 11.0. The van der Waals surface area contributed by atoms with Gasteiger partial charge in [0.25, 0.3) is 6.47 Å². The Hall–Kier alpha value is -3.33. The molecule has 0 bridgehead atoms. The summed E-state index contributed by atoms with van der Waals surface area (Å²) in [5.74, 6) is 0. The van der Waals surface area contributed by atoms with Gasteiger partial charge in [-0.05, 0) is 159 Å². The van der Waals surface area contributed by atoms with Crippen LogP contribution in [-0.4, -0.2) is 31.8 Å². The first kappa shape index (κ1) is 68.9. The van der Waals surface area contributed by atoms with Crippen LogP contribution in [0.15, 0.2) is 174 Å². The Balaban J connectivity index is 0.000000425. The van der Waals surface area contributed by atoms with Crippen LogP contribution >= 0.6 is 38.6 Å². The molecule has 9 nitrogen and oxygen atoms in total. The minimum absolute atomic E-state index is 0. The fourth-order valence-electron chi connectivity index (χ4n) is 7.79. The zero-order valence-electron chi connectivity index (χ0n) is 48.5. The van der Waals surface area contributed by atoms with Gasteiger partial charge in [-0.25, -0.2) is 0 Å². The van der Waals surface area contributed by atoms with E-state index >= 15 is 0 Å². The van der Waals surface area contributed by atoms with Gasteiger partial charge in [-0.15, -0.1) is 11.3 Å². The van der Waals surface area contributed by atoms with E-state index in [-0.39, 0.29) is 132 Å². The Morgan fingerprint density at radius 1 is 0.462 bits per heavy atom. The second-order valence-electron chi connectivity index (χ2n) is 21.9. The summed E-state index contributed by atoms with van der Waals surface area (Å²) >= 11 is 6.25. The number of anilines is 6. The third-order valence-electron chi connectivity index (χ3n) is 12.1. The van der Waals surface area contributed by atoms with Gasteiger partial charge in [-0.2, -0.15) is 0 Å². The molecule has 0 spiro atoms. The minimum atomic E-state index is -0.181. The summed E-state index contributed by atoms with van der Waals surface area (Å²) < 4.78 is 5.66. The molecule has 397 valence electrons. The maximum absolute atomic E-state index is 11.1. The van der Waals surface area contributed by atoms with E-state index in [1.807, 2.05) is 12.1 Å². The summed E-state index contributed by atoms with van der Waals surface area (Å²) in [6.45, 7) is 26.8. The van der Waals surface area contributed by atoms with Crippen LogP contribution in [0.1, 0.15) is 126 Å². The molecule has 0 saturated carbocycles. The zero-order chi connectivity index (χ0) is 55.8. The molecule has 78 heavy (non-hydrogen) atoms. The maximum Gasteiger partial charge on any atom is 1.00 e. The molecule has 0 saturated heterocycles. The zero-order valence-corrected chi connectivity index (χ0v) is 56.9. The van der Waals surface area contributed by atoms with Crippen molar-refractivity contribution in [3.8, 4) is 15.5 Å². The number of nitrogens with zero attached hydrogens (tertiary/aromatic N) is 2. The predicted molar refractivity (Wildman–Crippen MR) is 320 cm³/mol. The van der Waals surface area contributed by atoms with Gasteiger partial charge >= 0.3 is 110 Å². The van der Waals surface area contributed by atoms with Crippen molar-refractivity contribution in [1.82, 2.24) is 0 Å². The first-order valence-electron chi connectivity index (χ1n) is 24.7. The summed E-state index contributed by atoms with van der Waals surface area (Å²) in [4.78, 5) is 39.5. The van der Waals surface area contributed by atoms with Gasteiger partial charge in [-0.3, -0.25) is 14.4 Å². The Morgan fingerprint density at radius 3 is 1.00 bits per heavy atom. The molecule has 0 aliphatic rings. The molecule has 1 N–H and O–H groups in total. The molecule has 15 heteroatoms. The molecule has 8 rings (SSSR count). The smallest absolute Gasteiger partial charge is 1.00 e. The number of carbonyl (C=O) groups excluding carboxylic acids is 3. The Morgan fingerprint density at radius 2 is 0.744 bits per heavy atom. The number of rotatable bonds is 12. The van der Waals surface area contributed by atoms with E-state index in [1.54, 1.807) is 12.1 Å². The summed E-state index contributed by atoms with van der Waals surface area (Å²) in [6, 6.07) is 59.8. The Labute approximate surface area is 566 Å². The third kappa shape index (κ3) is 20.6. The number of hydrogen-bond acceptors (Lipinski definition) is 11. The average molecular weight is 1200 g/mol. The van der Waals surface area contributed by atoms with Crippen molar-refractivity contribution >= 4 is 99.5 Å². The summed E-state index contributed by atoms with van der Waals surface area (Å²) in [7, 11) is 0.584. The molecule has 0 amide bonds. The molecule has 1 radical (unpaired) electrons. The van der Waals surface area contributed by atoms with Crippen molar-refractivity contribution in [2.45, 2.75) is 105 Å². The molecule has 0 fully saturated rings. The molecule has 6 aromatic carbocycles. The van der Waals surface area contributed by atoms with Crippen molar-refractivity contribution in [3.05, 3.63) is 206 Å². The topological polar surface area (TPSA) is 119 Å². The van der Waals surface area contributed by atoms with Gasteiger partial charge in [0, 0.05) is 43.5 Å². The molecule has 0 unspecified atom stereocenters. The van der Waals surface area contributed by atoms with Crippen LogP contribution in [0.5, 0.6) is 5.06 Å². The van der Waals surface area contributed by atoms with Crippen molar-refractivity contribution in [2.24, 2.45) is 0 Å². The fourth-order valence-corrected chi connectivity index (χ4v) is 9.52.